The van der Waals surface area contributed by atoms with Gasteiger partial charge in [-0.3, -0.25) is 0 Å². The fourth-order valence-electron chi connectivity index (χ4n) is 4.44. The molecule has 3 aliphatic rings. The third-order valence-corrected chi connectivity index (χ3v) is 5.48. The molecule has 2 heteroatoms. The summed E-state index contributed by atoms with van der Waals surface area (Å²) in [7, 11) is 0. The summed E-state index contributed by atoms with van der Waals surface area (Å²) in [4.78, 5) is 0. The summed E-state index contributed by atoms with van der Waals surface area (Å²) in [6, 6.07) is 0. The predicted molar refractivity (Wildman–Crippen MR) is 66.1 cm³/mol. The van der Waals surface area contributed by atoms with Crippen LogP contribution < -0.4 is 0 Å². The van der Waals surface area contributed by atoms with E-state index in [-0.39, 0.29) is 12.0 Å². The Morgan fingerprint density at radius 1 is 1.35 bits per heavy atom. The first kappa shape index (κ1) is 11.7. The first-order valence-electron chi connectivity index (χ1n) is 6.62. The van der Waals surface area contributed by atoms with Gasteiger partial charge in [-0.25, -0.2) is 0 Å². The second-order valence-corrected chi connectivity index (χ2v) is 7.17. The van der Waals surface area contributed by atoms with Gasteiger partial charge in [0.05, 0.1) is 6.61 Å². The van der Waals surface area contributed by atoms with Crippen molar-refractivity contribution < 1.29 is 10.2 Å². The van der Waals surface area contributed by atoms with Gasteiger partial charge in [0.15, 0.2) is 0 Å². The van der Waals surface area contributed by atoms with E-state index in [1.165, 1.54) is 12.8 Å². The van der Waals surface area contributed by atoms with E-state index >= 15 is 0 Å². The lowest BCUT2D eigenvalue weighted by Gasteiger charge is -2.61. The molecule has 0 aromatic carbocycles. The monoisotopic (exact) mass is 234 g/mol. The SMILES string of the molecule is CC1(C)CC2C=C(CO)[C@]3(O)[C]C[C@]3(C)C2C1. The minimum Gasteiger partial charge on any atom is -0.392 e. The van der Waals surface area contributed by atoms with Crippen LogP contribution in [0.3, 0.4) is 0 Å². The molecule has 0 aliphatic heterocycles. The molecule has 2 N–H and O–H groups in total. The number of aliphatic hydroxyl groups excluding tert-OH is 1. The fourth-order valence-corrected chi connectivity index (χ4v) is 4.44. The second kappa shape index (κ2) is 3.16. The molecule has 0 heterocycles. The van der Waals surface area contributed by atoms with Crippen molar-refractivity contribution >= 4 is 0 Å². The summed E-state index contributed by atoms with van der Waals surface area (Å²) < 4.78 is 0. The summed E-state index contributed by atoms with van der Waals surface area (Å²) in [5, 5.41) is 20.2. The minimum atomic E-state index is -0.955. The Kier molecular flexibility index (Phi) is 2.18. The van der Waals surface area contributed by atoms with Crippen LogP contribution in [0.4, 0.5) is 0 Å². The van der Waals surface area contributed by atoms with Crippen LogP contribution in [0.5, 0.6) is 0 Å². The summed E-state index contributed by atoms with van der Waals surface area (Å²) in [5.41, 5.74) is 0.0860. The van der Waals surface area contributed by atoms with Crippen LogP contribution in [0.15, 0.2) is 11.6 Å². The lowest BCUT2D eigenvalue weighted by molar-refractivity contribution is -0.132. The van der Waals surface area contributed by atoms with Crippen LogP contribution >= 0.6 is 0 Å². The van der Waals surface area contributed by atoms with Crippen LogP contribution in [0.1, 0.15) is 40.0 Å². The van der Waals surface area contributed by atoms with E-state index in [4.69, 9.17) is 0 Å². The van der Waals surface area contributed by atoms with Gasteiger partial charge in [0, 0.05) is 11.8 Å². The van der Waals surface area contributed by atoms with E-state index in [0.29, 0.717) is 17.3 Å². The molecule has 2 radical (unpaired) electrons. The summed E-state index contributed by atoms with van der Waals surface area (Å²) in [6.07, 6.45) is 8.47. The molecule has 3 rings (SSSR count). The van der Waals surface area contributed by atoms with E-state index in [9.17, 15) is 10.2 Å². The second-order valence-electron chi connectivity index (χ2n) is 7.17. The molecule has 3 aliphatic carbocycles. The minimum absolute atomic E-state index is 0.0389. The van der Waals surface area contributed by atoms with Crippen molar-refractivity contribution in [3.05, 3.63) is 18.1 Å². The Bertz CT molecular complexity index is 384. The highest BCUT2D eigenvalue weighted by atomic mass is 16.3. The van der Waals surface area contributed by atoms with Gasteiger partial charge in [0.1, 0.15) is 5.60 Å². The maximum Gasteiger partial charge on any atom is 0.100 e. The van der Waals surface area contributed by atoms with E-state index < -0.39 is 5.60 Å². The van der Waals surface area contributed by atoms with Crippen molar-refractivity contribution in [2.75, 3.05) is 6.61 Å². The Hall–Kier alpha value is -0.340. The normalized spacial score (nSPS) is 51.2. The fraction of sp³-hybridized carbons (Fsp3) is 0.800. The quantitative estimate of drug-likeness (QED) is 0.683. The molecule has 0 aromatic heterocycles. The van der Waals surface area contributed by atoms with Crippen molar-refractivity contribution in [3.63, 3.8) is 0 Å². The van der Waals surface area contributed by atoms with Crippen LogP contribution in [0.2, 0.25) is 0 Å². The molecule has 2 nitrogen and oxygen atoms in total. The molecule has 0 amide bonds. The maximum atomic E-state index is 10.7. The third kappa shape index (κ3) is 1.29. The molecule has 2 saturated carbocycles. The number of rotatable bonds is 1. The largest absolute Gasteiger partial charge is 0.392 e. The average Bonchev–Trinajstić information content (AvgIpc) is 2.56. The highest BCUT2D eigenvalue weighted by Gasteiger charge is 2.66. The van der Waals surface area contributed by atoms with Gasteiger partial charge in [-0.1, -0.05) is 26.8 Å². The van der Waals surface area contributed by atoms with Gasteiger partial charge in [-0.2, -0.15) is 0 Å². The zero-order chi connectivity index (χ0) is 12.5. The zero-order valence-electron chi connectivity index (χ0n) is 11.0. The van der Waals surface area contributed by atoms with Crippen molar-refractivity contribution in [2.24, 2.45) is 22.7 Å². The first-order chi connectivity index (χ1) is 7.82. The van der Waals surface area contributed by atoms with Gasteiger partial charge in [0.2, 0.25) is 0 Å². The average molecular weight is 234 g/mol. The smallest absolute Gasteiger partial charge is 0.100 e. The molecule has 0 saturated heterocycles. The Labute approximate surface area is 104 Å². The zero-order valence-corrected chi connectivity index (χ0v) is 11.0. The van der Waals surface area contributed by atoms with E-state index in [1.54, 1.807) is 0 Å². The molecule has 17 heavy (non-hydrogen) atoms. The van der Waals surface area contributed by atoms with E-state index in [2.05, 4.69) is 33.3 Å². The van der Waals surface area contributed by atoms with Crippen molar-refractivity contribution in [3.8, 4) is 0 Å². The summed E-state index contributed by atoms with van der Waals surface area (Å²) in [5.74, 6) is 1.07. The molecule has 2 fully saturated rings. The Morgan fingerprint density at radius 3 is 2.59 bits per heavy atom. The van der Waals surface area contributed by atoms with Crippen LogP contribution in [0.25, 0.3) is 0 Å². The highest BCUT2D eigenvalue weighted by Crippen LogP contribution is 2.67. The molecular formula is C15H22O2. The number of hydrogen-bond acceptors (Lipinski definition) is 2. The number of fused-ring (bicyclic) bond motifs is 3. The molecule has 94 valence electrons. The summed E-state index contributed by atoms with van der Waals surface area (Å²) >= 11 is 0. The Balaban J connectivity index is 2.04. The van der Waals surface area contributed by atoms with Crippen molar-refractivity contribution in [1.29, 1.82) is 0 Å². The van der Waals surface area contributed by atoms with E-state index in [0.717, 1.165) is 12.0 Å². The van der Waals surface area contributed by atoms with Crippen molar-refractivity contribution in [2.45, 2.75) is 45.6 Å². The highest BCUT2D eigenvalue weighted by molar-refractivity contribution is 5.40. The van der Waals surface area contributed by atoms with E-state index in [1.807, 2.05) is 0 Å². The molecular weight excluding hydrogens is 212 g/mol. The van der Waals surface area contributed by atoms with Gasteiger partial charge >= 0.3 is 0 Å². The molecule has 0 bridgehead atoms. The van der Waals surface area contributed by atoms with Crippen LogP contribution in [-0.4, -0.2) is 22.4 Å². The van der Waals surface area contributed by atoms with Gasteiger partial charge < -0.3 is 10.2 Å². The summed E-state index contributed by atoms with van der Waals surface area (Å²) in [6.45, 7) is 6.76. The lowest BCUT2D eigenvalue weighted by Crippen LogP contribution is -2.64. The van der Waals surface area contributed by atoms with Crippen LogP contribution in [-0.2, 0) is 0 Å². The van der Waals surface area contributed by atoms with Crippen molar-refractivity contribution in [1.82, 2.24) is 0 Å². The number of aliphatic hydroxyl groups is 2. The number of hydrogen-bond donors (Lipinski definition) is 2. The van der Waals surface area contributed by atoms with Gasteiger partial charge in [-0.15, -0.1) is 0 Å². The van der Waals surface area contributed by atoms with Crippen LogP contribution in [0, 0.1) is 29.1 Å². The molecule has 2 unspecified atom stereocenters. The number of allylic oxidation sites excluding steroid dienone is 1. The predicted octanol–water partition coefficient (Wildman–Crippen LogP) is 2.19. The molecule has 0 spiro atoms. The molecule has 0 aromatic rings. The molecule has 4 atom stereocenters. The lowest BCUT2D eigenvalue weighted by atomic mass is 9.45. The maximum absolute atomic E-state index is 10.7. The van der Waals surface area contributed by atoms with Gasteiger partial charge in [0.25, 0.3) is 0 Å². The standard InChI is InChI=1S/C15H22O2/c1-13(2)7-10-6-11(9-16)15(17)5-4-14(15,3)12(10)8-13/h6,10,12,16-17H,4,7-9H2,1-3H3/t10?,12?,14-,15-/m1/s1. The topological polar surface area (TPSA) is 40.5 Å². The third-order valence-electron chi connectivity index (χ3n) is 5.48. The Morgan fingerprint density at radius 2 is 2.06 bits per heavy atom. The van der Waals surface area contributed by atoms with Gasteiger partial charge in [-0.05, 0) is 42.1 Å². The first-order valence-corrected chi connectivity index (χ1v) is 6.62.